The summed E-state index contributed by atoms with van der Waals surface area (Å²) >= 11 is 0. The van der Waals surface area contributed by atoms with Crippen molar-refractivity contribution in [3.05, 3.63) is 53.8 Å². The van der Waals surface area contributed by atoms with Crippen LogP contribution in [0.1, 0.15) is 31.7 Å². The van der Waals surface area contributed by atoms with Crippen molar-refractivity contribution in [3.8, 4) is 16.9 Å². The van der Waals surface area contributed by atoms with E-state index in [1.54, 1.807) is 0 Å². The lowest BCUT2D eigenvalue weighted by Crippen LogP contribution is -2.33. The molecule has 0 radical (unpaired) electrons. The summed E-state index contributed by atoms with van der Waals surface area (Å²) in [5.41, 5.74) is 2.73. The summed E-state index contributed by atoms with van der Waals surface area (Å²) in [6, 6.07) is 12.2. The molecule has 0 aromatic heterocycles. The summed E-state index contributed by atoms with van der Waals surface area (Å²) in [6.45, 7) is 5.78. The molecule has 0 saturated carbocycles. The van der Waals surface area contributed by atoms with Gasteiger partial charge in [-0.05, 0) is 80.6 Å². The molecular formula is C21H26FNO. The zero-order valence-electron chi connectivity index (χ0n) is 14.3. The first-order valence-corrected chi connectivity index (χ1v) is 8.96. The van der Waals surface area contributed by atoms with Crippen LogP contribution in [0.4, 0.5) is 4.39 Å². The van der Waals surface area contributed by atoms with Crippen molar-refractivity contribution in [3.63, 3.8) is 0 Å². The van der Waals surface area contributed by atoms with Crippen LogP contribution in [-0.4, -0.2) is 29.6 Å². The van der Waals surface area contributed by atoms with Crippen LogP contribution in [0.25, 0.3) is 11.1 Å². The van der Waals surface area contributed by atoms with Gasteiger partial charge in [0.25, 0.3) is 0 Å². The molecule has 3 heteroatoms. The van der Waals surface area contributed by atoms with Crippen LogP contribution in [0.3, 0.4) is 0 Å². The molecule has 1 aliphatic rings. The van der Waals surface area contributed by atoms with E-state index in [1.807, 2.05) is 18.2 Å². The maximum absolute atomic E-state index is 13.6. The number of phenolic OH excluding ortho intramolecular Hbond substituents is 1. The number of aromatic hydroxyl groups is 1. The lowest BCUT2D eigenvalue weighted by atomic mass is 9.88. The quantitative estimate of drug-likeness (QED) is 0.847. The molecule has 1 fully saturated rings. The van der Waals surface area contributed by atoms with E-state index in [1.165, 1.54) is 49.7 Å². The van der Waals surface area contributed by atoms with Gasteiger partial charge in [0.1, 0.15) is 11.6 Å². The second-order valence-electron chi connectivity index (χ2n) is 6.73. The lowest BCUT2D eigenvalue weighted by molar-refractivity contribution is 0.187. The van der Waals surface area contributed by atoms with Crippen LogP contribution in [0, 0.1) is 11.7 Å². The Hall–Kier alpha value is -1.87. The summed E-state index contributed by atoms with van der Waals surface area (Å²) < 4.78 is 13.6. The number of nitrogens with zero attached hydrogens (tertiary/aromatic N) is 1. The Bertz CT molecular complexity index is 677. The summed E-state index contributed by atoms with van der Waals surface area (Å²) in [4.78, 5) is 2.51. The number of rotatable bonds is 5. The third kappa shape index (κ3) is 3.96. The number of phenols is 1. The average molecular weight is 327 g/mol. The standard InChI is InChI=1S/C21H26FNO/c1-2-23-13-11-16(12-14-23)7-8-17-5-3-4-6-19(17)20-15-18(22)9-10-21(20)24/h3-6,9-10,15-16,24H,2,7-8,11-14H2,1H3. The molecule has 128 valence electrons. The number of piperidine rings is 1. The Morgan fingerprint density at radius 1 is 1.08 bits per heavy atom. The number of hydrogen-bond donors (Lipinski definition) is 1. The van der Waals surface area contributed by atoms with Crippen LogP contribution in [0.5, 0.6) is 5.75 Å². The smallest absolute Gasteiger partial charge is 0.124 e. The minimum Gasteiger partial charge on any atom is -0.507 e. The van der Waals surface area contributed by atoms with Gasteiger partial charge in [-0.3, -0.25) is 0 Å². The molecule has 2 nitrogen and oxygen atoms in total. The highest BCUT2D eigenvalue weighted by Crippen LogP contribution is 2.33. The van der Waals surface area contributed by atoms with Crippen LogP contribution in [0.15, 0.2) is 42.5 Å². The summed E-state index contributed by atoms with van der Waals surface area (Å²) in [5.74, 6) is 0.589. The molecule has 2 aromatic carbocycles. The first-order chi connectivity index (χ1) is 11.7. The van der Waals surface area contributed by atoms with Gasteiger partial charge in [0.05, 0.1) is 0 Å². The number of halogens is 1. The topological polar surface area (TPSA) is 23.5 Å². The van der Waals surface area contributed by atoms with Crippen molar-refractivity contribution in [1.29, 1.82) is 0 Å². The zero-order chi connectivity index (χ0) is 16.9. The Labute approximate surface area is 143 Å². The minimum atomic E-state index is -0.315. The van der Waals surface area contributed by atoms with Gasteiger partial charge in [-0.15, -0.1) is 0 Å². The zero-order valence-corrected chi connectivity index (χ0v) is 14.3. The van der Waals surface area contributed by atoms with Crippen LogP contribution >= 0.6 is 0 Å². The third-order valence-electron chi connectivity index (χ3n) is 5.24. The van der Waals surface area contributed by atoms with E-state index in [9.17, 15) is 9.50 Å². The summed E-state index contributed by atoms with van der Waals surface area (Å²) in [7, 11) is 0. The first-order valence-electron chi connectivity index (χ1n) is 8.96. The van der Waals surface area contributed by atoms with Gasteiger partial charge in [-0.2, -0.15) is 0 Å². The predicted molar refractivity (Wildman–Crippen MR) is 96.7 cm³/mol. The Morgan fingerprint density at radius 3 is 2.58 bits per heavy atom. The van der Waals surface area contributed by atoms with Crippen LogP contribution in [0.2, 0.25) is 0 Å². The van der Waals surface area contributed by atoms with Crippen molar-refractivity contribution >= 4 is 0 Å². The van der Waals surface area contributed by atoms with Crippen molar-refractivity contribution in [2.24, 2.45) is 5.92 Å². The molecule has 0 atom stereocenters. The third-order valence-corrected chi connectivity index (χ3v) is 5.24. The van der Waals surface area contributed by atoms with E-state index in [2.05, 4.69) is 17.9 Å². The molecule has 1 saturated heterocycles. The van der Waals surface area contributed by atoms with Crippen molar-refractivity contribution < 1.29 is 9.50 Å². The predicted octanol–water partition coefficient (Wildman–Crippen LogP) is 4.86. The molecule has 0 bridgehead atoms. The Morgan fingerprint density at radius 2 is 1.83 bits per heavy atom. The van der Waals surface area contributed by atoms with E-state index in [-0.39, 0.29) is 11.6 Å². The largest absolute Gasteiger partial charge is 0.507 e. The van der Waals surface area contributed by atoms with Crippen molar-refractivity contribution in [2.75, 3.05) is 19.6 Å². The van der Waals surface area contributed by atoms with E-state index in [0.29, 0.717) is 5.56 Å². The minimum absolute atomic E-state index is 0.139. The number of likely N-dealkylation sites (tertiary alicyclic amines) is 1. The monoisotopic (exact) mass is 327 g/mol. The van der Waals surface area contributed by atoms with Crippen LogP contribution in [-0.2, 0) is 6.42 Å². The van der Waals surface area contributed by atoms with Gasteiger partial charge in [-0.25, -0.2) is 4.39 Å². The molecule has 3 rings (SSSR count). The average Bonchev–Trinajstić information content (AvgIpc) is 2.63. The van der Waals surface area contributed by atoms with Gasteiger partial charge >= 0.3 is 0 Å². The van der Waals surface area contributed by atoms with E-state index in [4.69, 9.17) is 0 Å². The highest BCUT2D eigenvalue weighted by Gasteiger charge is 2.18. The Balaban J connectivity index is 1.72. The van der Waals surface area contributed by atoms with Gasteiger partial charge in [0, 0.05) is 5.56 Å². The fourth-order valence-electron chi connectivity index (χ4n) is 3.68. The van der Waals surface area contributed by atoms with Gasteiger partial charge in [0.15, 0.2) is 0 Å². The lowest BCUT2D eigenvalue weighted by Gasteiger charge is -2.31. The fraction of sp³-hybridized carbons (Fsp3) is 0.429. The summed E-state index contributed by atoms with van der Waals surface area (Å²) in [6.07, 6.45) is 4.66. The van der Waals surface area contributed by atoms with E-state index < -0.39 is 0 Å². The highest BCUT2D eigenvalue weighted by atomic mass is 19.1. The molecule has 1 aliphatic heterocycles. The van der Waals surface area contributed by atoms with Crippen molar-refractivity contribution in [2.45, 2.75) is 32.6 Å². The molecular weight excluding hydrogens is 301 g/mol. The van der Waals surface area contributed by atoms with Gasteiger partial charge in [-0.1, -0.05) is 31.2 Å². The first kappa shape index (κ1) is 17.0. The van der Waals surface area contributed by atoms with E-state index in [0.717, 1.165) is 30.9 Å². The normalized spacial score (nSPS) is 16.4. The summed E-state index contributed by atoms with van der Waals surface area (Å²) in [5, 5.41) is 10.1. The number of hydrogen-bond acceptors (Lipinski definition) is 2. The molecule has 1 heterocycles. The van der Waals surface area contributed by atoms with Crippen LogP contribution < -0.4 is 0 Å². The molecule has 0 spiro atoms. The van der Waals surface area contributed by atoms with Gasteiger partial charge < -0.3 is 10.0 Å². The number of benzene rings is 2. The molecule has 0 amide bonds. The molecule has 2 aromatic rings. The second-order valence-corrected chi connectivity index (χ2v) is 6.73. The molecule has 1 N–H and O–H groups in total. The maximum atomic E-state index is 13.6. The SMILES string of the molecule is CCN1CCC(CCc2ccccc2-c2cc(F)ccc2O)CC1. The highest BCUT2D eigenvalue weighted by molar-refractivity contribution is 5.73. The number of aryl methyl sites for hydroxylation is 1. The van der Waals surface area contributed by atoms with E-state index >= 15 is 0 Å². The maximum Gasteiger partial charge on any atom is 0.124 e. The Kier molecular flexibility index (Phi) is 5.52. The molecule has 24 heavy (non-hydrogen) atoms. The van der Waals surface area contributed by atoms with Crippen molar-refractivity contribution in [1.82, 2.24) is 4.90 Å². The van der Waals surface area contributed by atoms with Gasteiger partial charge in [0.2, 0.25) is 0 Å². The molecule has 0 unspecified atom stereocenters. The molecule has 0 aliphatic carbocycles. The fourth-order valence-corrected chi connectivity index (χ4v) is 3.68. The second kappa shape index (κ2) is 7.80.